The van der Waals surface area contributed by atoms with Crippen LogP contribution in [0.15, 0.2) is 29.8 Å². The molecule has 6 heteroatoms. The Morgan fingerprint density at radius 2 is 1.67 bits per heavy atom. The summed E-state index contributed by atoms with van der Waals surface area (Å²) in [6.07, 6.45) is 1.65. The minimum Gasteiger partial charge on any atom is -0.493 e. The molecular formula is C18H24N2O3S. The third-order valence-corrected chi connectivity index (χ3v) is 3.65. The molecule has 0 unspecified atom stereocenters. The number of rotatable bonds is 8. The quantitative estimate of drug-likeness (QED) is 0.765. The van der Waals surface area contributed by atoms with Gasteiger partial charge < -0.3 is 9.47 Å². The average molecular weight is 348 g/mol. The topological polar surface area (TPSA) is 60.5 Å². The lowest BCUT2D eigenvalue weighted by Gasteiger charge is -2.14. The predicted octanol–water partition coefficient (Wildman–Crippen LogP) is 4.47. The monoisotopic (exact) mass is 348 g/mol. The fourth-order valence-corrected chi connectivity index (χ4v) is 2.37. The van der Waals surface area contributed by atoms with E-state index in [0.717, 1.165) is 0 Å². The largest absolute Gasteiger partial charge is 0.493 e. The van der Waals surface area contributed by atoms with E-state index in [2.05, 4.69) is 38.0 Å². The Balaban J connectivity index is 2.18. The molecule has 0 bridgehead atoms. The van der Waals surface area contributed by atoms with Crippen molar-refractivity contribution >= 4 is 22.4 Å². The van der Waals surface area contributed by atoms with E-state index in [1.807, 2.05) is 11.4 Å². The lowest BCUT2D eigenvalue weighted by Crippen LogP contribution is -2.13. The number of nitrogens with zero attached hydrogens (tertiary/aromatic N) is 1. The molecule has 130 valence electrons. The summed E-state index contributed by atoms with van der Waals surface area (Å²) in [6, 6.07) is 5.28. The van der Waals surface area contributed by atoms with E-state index in [9.17, 15) is 4.79 Å². The van der Waals surface area contributed by atoms with Gasteiger partial charge in [-0.1, -0.05) is 27.7 Å². The summed E-state index contributed by atoms with van der Waals surface area (Å²) in [4.78, 5) is 16.5. The number of ether oxygens (including phenoxy) is 2. The molecule has 0 aliphatic heterocycles. The summed E-state index contributed by atoms with van der Waals surface area (Å²) < 4.78 is 11.5. The first-order valence-electron chi connectivity index (χ1n) is 8.05. The average Bonchev–Trinajstić information content (AvgIpc) is 3.03. The van der Waals surface area contributed by atoms with Crippen LogP contribution in [-0.2, 0) is 0 Å². The van der Waals surface area contributed by atoms with Crippen molar-refractivity contribution in [3.63, 3.8) is 0 Å². The standard InChI is InChI=1S/C18H24N2O3S/c1-12(2)10-22-15-7-14(8-16(9-15)23-11-13(3)4)17(21)20-18-19-5-6-24-18/h5-9,12-13H,10-11H2,1-4H3,(H,19,20,21). The van der Waals surface area contributed by atoms with Crippen LogP contribution in [0.1, 0.15) is 38.1 Å². The summed E-state index contributed by atoms with van der Waals surface area (Å²) in [5, 5.41) is 5.16. The number of thiazole rings is 1. The van der Waals surface area contributed by atoms with Crippen LogP contribution in [0, 0.1) is 11.8 Å². The van der Waals surface area contributed by atoms with Crippen LogP contribution < -0.4 is 14.8 Å². The van der Waals surface area contributed by atoms with Crippen molar-refractivity contribution < 1.29 is 14.3 Å². The first-order chi connectivity index (χ1) is 11.4. The number of benzene rings is 1. The van der Waals surface area contributed by atoms with Crippen molar-refractivity contribution in [3.05, 3.63) is 35.3 Å². The number of carbonyl (C=O) groups is 1. The second-order valence-corrected chi connectivity index (χ2v) is 7.29. The molecule has 1 aromatic carbocycles. The summed E-state index contributed by atoms with van der Waals surface area (Å²) in [5.74, 6) is 1.84. The van der Waals surface area contributed by atoms with Gasteiger partial charge in [0.2, 0.25) is 0 Å². The molecule has 0 saturated heterocycles. The minimum atomic E-state index is -0.227. The normalized spacial score (nSPS) is 10.9. The van der Waals surface area contributed by atoms with E-state index < -0.39 is 0 Å². The van der Waals surface area contributed by atoms with Crippen LogP contribution in [0.3, 0.4) is 0 Å². The van der Waals surface area contributed by atoms with E-state index in [1.165, 1.54) is 11.3 Å². The Morgan fingerprint density at radius 1 is 1.08 bits per heavy atom. The maximum Gasteiger partial charge on any atom is 0.257 e. The highest BCUT2D eigenvalue weighted by Crippen LogP contribution is 2.25. The zero-order valence-electron chi connectivity index (χ0n) is 14.5. The smallest absolute Gasteiger partial charge is 0.257 e. The second kappa shape index (κ2) is 8.68. The highest BCUT2D eigenvalue weighted by atomic mass is 32.1. The van der Waals surface area contributed by atoms with E-state index in [-0.39, 0.29) is 5.91 Å². The van der Waals surface area contributed by atoms with Gasteiger partial charge in [0.1, 0.15) is 11.5 Å². The van der Waals surface area contributed by atoms with Crippen LogP contribution in [0.4, 0.5) is 5.13 Å². The number of nitrogens with one attached hydrogen (secondary N) is 1. The van der Waals surface area contributed by atoms with Crippen LogP contribution in [0.25, 0.3) is 0 Å². The molecule has 1 amide bonds. The minimum absolute atomic E-state index is 0.227. The molecule has 1 heterocycles. The third kappa shape index (κ3) is 5.85. The molecule has 0 spiro atoms. The second-order valence-electron chi connectivity index (χ2n) is 6.39. The third-order valence-electron chi connectivity index (χ3n) is 2.96. The molecule has 0 fully saturated rings. The van der Waals surface area contributed by atoms with Crippen molar-refractivity contribution in [2.24, 2.45) is 11.8 Å². The van der Waals surface area contributed by atoms with Crippen molar-refractivity contribution in [2.45, 2.75) is 27.7 Å². The number of anilines is 1. The highest BCUT2D eigenvalue weighted by Gasteiger charge is 2.12. The lowest BCUT2D eigenvalue weighted by molar-refractivity contribution is 0.102. The first kappa shape index (κ1) is 18.3. The fraction of sp³-hybridized carbons (Fsp3) is 0.444. The molecule has 0 atom stereocenters. The molecule has 2 aromatic rings. The Hall–Kier alpha value is -2.08. The molecule has 24 heavy (non-hydrogen) atoms. The van der Waals surface area contributed by atoms with Crippen LogP contribution in [0.5, 0.6) is 11.5 Å². The van der Waals surface area contributed by atoms with Crippen LogP contribution >= 0.6 is 11.3 Å². The Morgan fingerprint density at radius 3 is 2.12 bits per heavy atom. The number of amides is 1. The van der Waals surface area contributed by atoms with Crippen LogP contribution in [0.2, 0.25) is 0 Å². The van der Waals surface area contributed by atoms with Crippen molar-refractivity contribution in [3.8, 4) is 11.5 Å². The molecule has 0 radical (unpaired) electrons. The van der Waals surface area contributed by atoms with Crippen molar-refractivity contribution in [2.75, 3.05) is 18.5 Å². The number of carbonyl (C=O) groups excluding carboxylic acids is 1. The van der Waals surface area contributed by atoms with Gasteiger partial charge >= 0.3 is 0 Å². The Kier molecular flexibility index (Phi) is 6.61. The van der Waals surface area contributed by atoms with Crippen molar-refractivity contribution in [1.29, 1.82) is 0 Å². The van der Waals surface area contributed by atoms with Gasteiger partial charge in [0, 0.05) is 23.2 Å². The highest BCUT2D eigenvalue weighted by molar-refractivity contribution is 7.13. The zero-order valence-corrected chi connectivity index (χ0v) is 15.4. The van der Waals surface area contributed by atoms with Crippen molar-refractivity contribution in [1.82, 2.24) is 4.98 Å². The van der Waals surface area contributed by atoms with Gasteiger partial charge in [-0.05, 0) is 24.0 Å². The fourth-order valence-electron chi connectivity index (χ4n) is 1.85. The van der Waals surface area contributed by atoms with E-state index in [0.29, 0.717) is 47.2 Å². The molecule has 0 aliphatic carbocycles. The zero-order chi connectivity index (χ0) is 17.5. The number of hydrogen-bond donors (Lipinski definition) is 1. The Bertz CT molecular complexity index is 624. The number of aromatic nitrogens is 1. The Labute approximate surface area is 147 Å². The molecule has 0 aliphatic rings. The molecule has 0 saturated carbocycles. The van der Waals surface area contributed by atoms with E-state index in [4.69, 9.17) is 9.47 Å². The maximum atomic E-state index is 12.4. The molecule has 1 aromatic heterocycles. The van der Waals surface area contributed by atoms with E-state index in [1.54, 1.807) is 18.3 Å². The number of hydrogen-bond acceptors (Lipinski definition) is 5. The maximum absolute atomic E-state index is 12.4. The predicted molar refractivity (Wildman–Crippen MR) is 97.2 cm³/mol. The van der Waals surface area contributed by atoms with Gasteiger partial charge in [0.15, 0.2) is 5.13 Å². The van der Waals surface area contributed by atoms with Crippen LogP contribution in [-0.4, -0.2) is 24.1 Å². The van der Waals surface area contributed by atoms with Gasteiger partial charge in [-0.15, -0.1) is 11.3 Å². The summed E-state index contributed by atoms with van der Waals surface area (Å²) in [5.41, 5.74) is 0.491. The summed E-state index contributed by atoms with van der Waals surface area (Å²) in [7, 11) is 0. The summed E-state index contributed by atoms with van der Waals surface area (Å²) in [6.45, 7) is 9.48. The first-order valence-corrected chi connectivity index (χ1v) is 8.93. The van der Waals surface area contributed by atoms with E-state index >= 15 is 0 Å². The SMILES string of the molecule is CC(C)COc1cc(OCC(C)C)cc(C(=O)Nc2nccs2)c1. The van der Waals surface area contributed by atoms with Gasteiger partial charge in [0.05, 0.1) is 13.2 Å². The lowest BCUT2D eigenvalue weighted by atomic mass is 10.1. The van der Waals surface area contributed by atoms with Gasteiger partial charge in [-0.25, -0.2) is 4.98 Å². The molecule has 1 N–H and O–H groups in total. The summed E-state index contributed by atoms with van der Waals surface area (Å²) >= 11 is 1.38. The molecule has 2 rings (SSSR count). The van der Waals surface area contributed by atoms with Gasteiger partial charge in [0.25, 0.3) is 5.91 Å². The molecule has 5 nitrogen and oxygen atoms in total. The van der Waals surface area contributed by atoms with Gasteiger partial charge in [-0.2, -0.15) is 0 Å². The molecular weight excluding hydrogens is 324 g/mol. The van der Waals surface area contributed by atoms with Gasteiger partial charge in [-0.3, -0.25) is 10.1 Å².